The van der Waals surface area contributed by atoms with Crippen molar-refractivity contribution in [2.75, 3.05) is 0 Å². The van der Waals surface area contributed by atoms with Gasteiger partial charge in [0.15, 0.2) is 0 Å². The Hall–Kier alpha value is -1.38. The Morgan fingerprint density at radius 1 is 0.500 bits per heavy atom. The predicted octanol–water partition coefficient (Wildman–Crippen LogP) is -3.21. The summed E-state index contributed by atoms with van der Waals surface area (Å²) in [7, 11) is 0. The quantitative estimate of drug-likeness (QED) is 0.523. The molecule has 88 valence electrons. The van der Waals surface area contributed by atoms with Gasteiger partial charge in [0.2, 0.25) is 0 Å². The molecular weight excluding hydrogens is 247 g/mol. The van der Waals surface area contributed by atoms with Gasteiger partial charge in [-0.2, -0.15) is 0 Å². The zero-order valence-corrected chi connectivity index (χ0v) is 9.94. The van der Waals surface area contributed by atoms with E-state index in [0.717, 1.165) is 0 Å². The van der Waals surface area contributed by atoms with Gasteiger partial charge in [0, 0.05) is 0 Å². The lowest BCUT2D eigenvalue weighted by Gasteiger charge is -1.82. The van der Waals surface area contributed by atoms with E-state index in [1.54, 1.807) is 48.5 Å². The molecule has 0 aromatic heterocycles. The molecule has 0 aliphatic carbocycles. The maximum atomic E-state index is 8.63. The van der Waals surface area contributed by atoms with Crippen molar-refractivity contribution < 1.29 is 35.0 Å². The number of halogens is 2. The lowest BCUT2D eigenvalue weighted by molar-refractivity contribution is -0.00100. The Labute approximate surface area is 107 Å². The van der Waals surface area contributed by atoms with Gasteiger partial charge >= 0.3 is 0 Å². The molecule has 0 bridgehead atoms. The van der Waals surface area contributed by atoms with Crippen molar-refractivity contribution in [3.63, 3.8) is 0 Å². The number of aromatic hydroxyl groups is 2. The molecule has 2 aromatic rings. The van der Waals surface area contributed by atoms with Crippen LogP contribution in [0.25, 0.3) is 0 Å². The van der Waals surface area contributed by atoms with Crippen molar-refractivity contribution in [1.82, 2.24) is 0 Å². The molecular formula is C12H12Cl2O2-2. The van der Waals surface area contributed by atoms with E-state index in [9.17, 15) is 0 Å². The van der Waals surface area contributed by atoms with Crippen LogP contribution in [0.1, 0.15) is 0 Å². The van der Waals surface area contributed by atoms with E-state index in [0.29, 0.717) is 11.5 Å². The van der Waals surface area contributed by atoms with Gasteiger partial charge < -0.3 is 35.0 Å². The van der Waals surface area contributed by atoms with Gasteiger partial charge in [-0.15, -0.1) is 0 Å². The van der Waals surface area contributed by atoms with E-state index < -0.39 is 0 Å². The molecule has 0 saturated heterocycles. The zero-order chi connectivity index (χ0) is 10.2. The van der Waals surface area contributed by atoms with Crippen LogP contribution in [0.4, 0.5) is 0 Å². The molecule has 0 saturated carbocycles. The molecule has 0 amide bonds. The normalized spacial score (nSPS) is 7.50. The second-order valence-electron chi connectivity index (χ2n) is 2.67. The highest BCUT2D eigenvalue weighted by Gasteiger charge is 1.75. The monoisotopic (exact) mass is 258 g/mol. The average Bonchev–Trinajstić information content (AvgIpc) is 2.21. The molecule has 0 atom stereocenters. The number of para-hydroxylation sites is 2. The first kappa shape index (κ1) is 17.0. The van der Waals surface area contributed by atoms with Gasteiger partial charge in [-0.1, -0.05) is 36.4 Å². The lowest BCUT2D eigenvalue weighted by Crippen LogP contribution is -3.00. The Bertz CT molecular complexity index is 314. The summed E-state index contributed by atoms with van der Waals surface area (Å²) in [4.78, 5) is 0. The SMILES string of the molecule is Oc1ccccc1.Oc1ccccc1.[Cl-].[Cl-]. The average molecular weight is 259 g/mol. The number of hydrogen-bond donors (Lipinski definition) is 2. The number of phenols is 2. The number of benzene rings is 2. The summed E-state index contributed by atoms with van der Waals surface area (Å²) in [6, 6.07) is 17.4. The topological polar surface area (TPSA) is 40.5 Å². The minimum Gasteiger partial charge on any atom is -1.00 e. The molecule has 0 heterocycles. The van der Waals surface area contributed by atoms with Crippen LogP contribution in [0.5, 0.6) is 11.5 Å². The summed E-state index contributed by atoms with van der Waals surface area (Å²) in [6.45, 7) is 0. The Morgan fingerprint density at radius 3 is 0.875 bits per heavy atom. The fourth-order valence-corrected chi connectivity index (χ4v) is 0.856. The highest BCUT2D eigenvalue weighted by molar-refractivity contribution is 5.19. The van der Waals surface area contributed by atoms with E-state index in [1.807, 2.05) is 12.1 Å². The molecule has 2 N–H and O–H groups in total. The van der Waals surface area contributed by atoms with Crippen molar-refractivity contribution >= 4 is 0 Å². The molecule has 4 heteroatoms. The van der Waals surface area contributed by atoms with Crippen LogP contribution in [0.2, 0.25) is 0 Å². The first-order valence-corrected chi connectivity index (χ1v) is 4.27. The largest absolute Gasteiger partial charge is 1.00 e. The van der Waals surface area contributed by atoms with Crippen LogP contribution < -0.4 is 24.8 Å². The fraction of sp³-hybridized carbons (Fsp3) is 0. The highest BCUT2D eigenvalue weighted by atomic mass is 35.5. The molecule has 2 aromatic carbocycles. The van der Waals surface area contributed by atoms with E-state index in [1.165, 1.54) is 0 Å². The minimum absolute atomic E-state index is 0. The second-order valence-corrected chi connectivity index (χ2v) is 2.67. The van der Waals surface area contributed by atoms with Gasteiger partial charge in [0.25, 0.3) is 0 Å². The van der Waals surface area contributed by atoms with Gasteiger partial charge in [0.05, 0.1) is 0 Å². The Kier molecular flexibility index (Phi) is 10.8. The number of phenolic OH excluding ortho intramolecular Hbond substituents is 2. The molecule has 0 radical (unpaired) electrons. The van der Waals surface area contributed by atoms with Crippen LogP contribution >= 0.6 is 0 Å². The standard InChI is InChI=1S/2C6H6O.2ClH/c2*7-6-4-2-1-3-5-6;;/h2*1-5,7H;2*1H/p-2. The van der Waals surface area contributed by atoms with Gasteiger partial charge in [-0.3, -0.25) is 0 Å². The van der Waals surface area contributed by atoms with Crippen molar-refractivity contribution in [2.45, 2.75) is 0 Å². The van der Waals surface area contributed by atoms with Crippen molar-refractivity contribution in [3.8, 4) is 11.5 Å². The van der Waals surface area contributed by atoms with E-state index in [4.69, 9.17) is 10.2 Å². The molecule has 0 spiro atoms. The molecule has 2 nitrogen and oxygen atoms in total. The maximum Gasteiger partial charge on any atom is 0.115 e. The second kappa shape index (κ2) is 10.1. The fourth-order valence-electron chi connectivity index (χ4n) is 0.856. The van der Waals surface area contributed by atoms with E-state index >= 15 is 0 Å². The summed E-state index contributed by atoms with van der Waals surface area (Å²) in [5, 5.41) is 17.3. The van der Waals surface area contributed by atoms with Crippen LogP contribution in [-0.2, 0) is 0 Å². The summed E-state index contributed by atoms with van der Waals surface area (Å²) < 4.78 is 0. The minimum atomic E-state index is 0. The third kappa shape index (κ3) is 7.97. The zero-order valence-electron chi connectivity index (χ0n) is 8.42. The maximum absolute atomic E-state index is 8.63. The molecule has 0 fully saturated rings. The van der Waals surface area contributed by atoms with Crippen molar-refractivity contribution in [1.29, 1.82) is 0 Å². The smallest absolute Gasteiger partial charge is 0.115 e. The third-order valence-electron chi connectivity index (χ3n) is 1.51. The summed E-state index contributed by atoms with van der Waals surface area (Å²) in [6.07, 6.45) is 0. The Balaban J connectivity index is 0. The predicted molar refractivity (Wildman–Crippen MR) is 56.2 cm³/mol. The molecule has 16 heavy (non-hydrogen) atoms. The third-order valence-corrected chi connectivity index (χ3v) is 1.51. The van der Waals surface area contributed by atoms with E-state index in [-0.39, 0.29) is 24.8 Å². The van der Waals surface area contributed by atoms with Gasteiger partial charge in [-0.25, -0.2) is 0 Å². The van der Waals surface area contributed by atoms with Crippen LogP contribution in [0, 0.1) is 0 Å². The van der Waals surface area contributed by atoms with Crippen molar-refractivity contribution in [3.05, 3.63) is 60.7 Å². The Morgan fingerprint density at radius 2 is 0.750 bits per heavy atom. The first-order valence-electron chi connectivity index (χ1n) is 4.27. The molecule has 2 rings (SSSR count). The molecule has 0 aliphatic heterocycles. The highest BCUT2D eigenvalue weighted by Crippen LogP contribution is 2.03. The van der Waals surface area contributed by atoms with Crippen LogP contribution in [-0.4, -0.2) is 10.2 Å². The number of rotatable bonds is 0. The van der Waals surface area contributed by atoms with Crippen molar-refractivity contribution in [2.24, 2.45) is 0 Å². The molecule has 0 unspecified atom stereocenters. The summed E-state index contributed by atoms with van der Waals surface area (Å²) in [5.74, 6) is 0.644. The molecule has 0 aliphatic rings. The number of hydrogen-bond acceptors (Lipinski definition) is 2. The summed E-state index contributed by atoms with van der Waals surface area (Å²) in [5.41, 5.74) is 0. The first-order chi connectivity index (χ1) is 6.79. The van der Waals surface area contributed by atoms with Crippen LogP contribution in [0.15, 0.2) is 60.7 Å². The van der Waals surface area contributed by atoms with Gasteiger partial charge in [0.1, 0.15) is 11.5 Å². The van der Waals surface area contributed by atoms with E-state index in [2.05, 4.69) is 0 Å². The van der Waals surface area contributed by atoms with Crippen LogP contribution in [0.3, 0.4) is 0 Å². The lowest BCUT2D eigenvalue weighted by atomic mass is 10.3. The summed E-state index contributed by atoms with van der Waals surface area (Å²) >= 11 is 0. The van der Waals surface area contributed by atoms with Gasteiger partial charge in [-0.05, 0) is 24.3 Å².